The number of hydrogen-bond donors (Lipinski definition) is 0. The molecule has 21 heavy (non-hydrogen) atoms. The Bertz CT molecular complexity index is 421. The highest BCUT2D eigenvalue weighted by molar-refractivity contribution is 14.1. The molecule has 120 valence electrons. The molecule has 2 heterocycles. The van der Waals surface area contributed by atoms with Crippen molar-refractivity contribution in [1.82, 2.24) is 4.90 Å². The Morgan fingerprint density at radius 3 is 2.48 bits per heavy atom. The molecule has 0 amide bonds. The van der Waals surface area contributed by atoms with Gasteiger partial charge in [0, 0.05) is 19.5 Å². The molecule has 0 radical (unpaired) electrons. The second-order valence-corrected chi connectivity index (χ2v) is 7.38. The van der Waals surface area contributed by atoms with Crippen LogP contribution in [0.3, 0.4) is 0 Å². The summed E-state index contributed by atoms with van der Waals surface area (Å²) in [5, 5.41) is 0. The number of carbonyl (C=O) groups is 2. The molecule has 0 bridgehead atoms. The fraction of sp³-hybridized carbons (Fsp3) is 0.867. The summed E-state index contributed by atoms with van der Waals surface area (Å²) >= 11 is 2.40. The lowest BCUT2D eigenvalue weighted by Gasteiger charge is -2.45. The number of nitrogens with zero attached hydrogens (tertiary/aromatic N) is 2. The Balaban J connectivity index is 2.30. The van der Waals surface area contributed by atoms with E-state index < -0.39 is 5.41 Å². The zero-order valence-electron chi connectivity index (χ0n) is 13.2. The number of esters is 1. The average Bonchev–Trinajstić information content (AvgIpc) is 2.79. The first-order valence-electron chi connectivity index (χ1n) is 7.69. The minimum atomic E-state index is -0.915. The number of ketones is 1. The third-order valence-corrected chi connectivity index (χ3v) is 6.33. The van der Waals surface area contributed by atoms with Crippen molar-refractivity contribution in [3.8, 4) is 0 Å². The fourth-order valence-electron chi connectivity index (χ4n) is 3.83. The van der Waals surface area contributed by atoms with Crippen LogP contribution < -0.4 is 0 Å². The van der Waals surface area contributed by atoms with Gasteiger partial charge >= 0.3 is 5.97 Å². The number of halogens is 1. The summed E-state index contributed by atoms with van der Waals surface area (Å²) in [6, 6.07) is 0.382. The van der Waals surface area contributed by atoms with Gasteiger partial charge < -0.3 is 9.22 Å². The van der Waals surface area contributed by atoms with Crippen LogP contribution in [0.25, 0.3) is 0 Å². The van der Waals surface area contributed by atoms with Crippen LogP contribution in [-0.2, 0) is 14.3 Å². The van der Waals surface area contributed by atoms with E-state index in [0.29, 0.717) is 25.6 Å². The van der Waals surface area contributed by atoms with Gasteiger partial charge in [-0.2, -0.15) is 0 Å². The molecular weight excluding hydrogens is 383 g/mol. The molecule has 0 aromatic heterocycles. The lowest BCUT2D eigenvalue weighted by Crippen LogP contribution is -2.62. The number of Topliss-reactive ketones (excluding diaryl/α,β-unsaturated/α-hetero) is 1. The van der Waals surface area contributed by atoms with Crippen molar-refractivity contribution in [2.75, 3.05) is 50.8 Å². The molecule has 0 N–H and O–H groups in total. The minimum Gasteiger partial charge on any atom is -0.465 e. The van der Waals surface area contributed by atoms with E-state index in [1.165, 1.54) is 0 Å². The Labute approximate surface area is 140 Å². The highest BCUT2D eigenvalue weighted by Crippen LogP contribution is 2.43. The highest BCUT2D eigenvalue weighted by Gasteiger charge is 2.62. The summed E-state index contributed by atoms with van der Waals surface area (Å²) in [6.45, 7) is 8.44. The summed E-state index contributed by atoms with van der Waals surface area (Å²) in [5.41, 5.74) is -0.915. The monoisotopic (exact) mass is 409 g/mol. The first kappa shape index (κ1) is 17.1. The van der Waals surface area contributed by atoms with Gasteiger partial charge in [-0.3, -0.25) is 14.5 Å². The molecule has 2 aliphatic heterocycles. The summed E-state index contributed by atoms with van der Waals surface area (Å²) in [5.74, 6) is -0.328. The Morgan fingerprint density at radius 2 is 2.00 bits per heavy atom. The zero-order chi connectivity index (χ0) is 15.7. The Kier molecular flexibility index (Phi) is 5.31. The van der Waals surface area contributed by atoms with Crippen LogP contribution >= 0.6 is 22.6 Å². The van der Waals surface area contributed by atoms with Crippen molar-refractivity contribution < 1.29 is 18.8 Å². The predicted octanol–water partition coefficient (Wildman–Crippen LogP) is 1.09. The second-order valence-electron chi connectivity index (χ2n) is 6.50. The average molecular weight is 409 g/mol. The maximum Gasteiger partial charge on any atom is 0.325 e. The van der Waals surface area contributed by atoms with Crippen molar-refractivity contribution >= 4 is 34.3 Å². The lowest BCUT2D eigenvalue weighted by atomic mass is 9.82. The Morgan fingerprint density at radius 1 is 1.38 bits per heavy atom. The molecule has 6 heteroatoms. The largest absolute Gasteiger partial charge is 0.465 e. The van der Waals surface area contributed by atoms with Gasteiger partial charge in [0.2, 0.25) is 0 Å². The Hall–Kier alpha value is -0.210. The van der Waals surface area contributed by atoms with E-state index in [0.717, 1.165) is 35.1 Å². The third kappa shape index (κ3) is 2.99. The van der Waals surface area contributed by atoms with Gasteiger partial charge in [-0.25, -0.2) is 0 Å². The molecular formula is C15H26IN2O3+. The first-order chi connectivity index (χ1) is 9.90. The lowest BCUT2D eigenvalue weighted by molar-refractivity contribution is -0.941. The van der Waals surface area contributed by atoms with E-state index in [9.17, 15) is 9.59 Å². The molecule has 2 saturated heterocycles. The molecule has 2 fully saturated rings. The summed E-state index contributed by atoms with van der Waals surface area (Å²) in [4.78, 5) is 27.1. The molecule has 0 aromatic carbocycles. The van der Waals surface area contributed by atoms with Crippen LogP contribution in [0.2, 0.25) is 0 Å². The van der Waals surface area contributed by atoms with Gasteiger partial charge in [-0.05, 0) is 20.9 Å². The molecule has 2 rings (SSSR count). The van der Waals surface area contributed by atoms with Crippen molar-refractivity contribution in [3.05, 3.63) is 0 Å². The van der Waals surface area contributed by atoms with Crippen molar-refractivity contribution in [1.29, 1.82) is 0 Å². The van der Waals surface area contributed by atoms with Crippen LogP contribution in [0, 0.1) is 5.41 Å². The molecule has 5 nitrogen and oxygen atoms in total. The zero-order valence-corrected chi connectivity index (χ0v) is 15.4. The second kappa shape index (κ2) is 6.50. The summed E-state index contributed by atoms with van der Waals surface area (Å²) in [7, 11) is 2.13. The van der Waals surface area contributed by atoms with Crippen molar-refractivity contribution in [2.24, 2.45) is 5.41 Å². The van der Waals surface area contributed by atoms with E-state index in [4.69, 9.17) is 4.74 Å². The molecule has 0 saturated carbocycles. The van der Waals surface area contributed by atoms with Crippen LogP contribution in [0.4, 0.5) is 0 Å². The standard InChI is InChI=1S/C15H26IN2O3/c1-4-21-14(20)15(12(2)19)9-13(10-16)18(11-15)7-5-17(3)6-8-18/h13H,4-11H2,1-3H3/q+1. The highest BCUT2D eigenvalue weighted by atomic mass is 127. The van der Waals surface area contributed by atoms with Crippen LogP contribution in [-0.4, -0.2) is 78.0 Å². The summed E-state index contributed by atoms with van der Waals surface area (Å²) in [6.07, 6.45) is 0.647. The number of carbonyl (C=O) groups excluding carboxylic acids is 2. The first-order valence-corrected chi connectivity index (χ1v) is 9.21. The van der Waals surface area contributed by atoms with Gasteiger partial charge in [-0.15, -0.1) is 0 Å². The van der Waals surface area contributed by atoms with Gasteiger partial charge in [0.1, 0.15) is 6.54 Å². The molecule has 1 spiro atoms. The van der Waals surface area contributed by atoms with Crippen molar-refractivity contribution in [2.45, 2.75) is 26.3 Å². The van der Waals surface area contributed by atoms with E-state index in [1.807, 2.05) is 0 Å². The third-order valence-electron chi connectivity index (χ3n) is 5.32. The van der Waals surface area contributed by atoms with E-state index in [2.05, 4.69) is 34.5 Å². The molecule has 0 aliphatic carbocycles. The fourth-order valence-corrected chi connectivity index (χ4v) is 4.98. The molecule has 2 aliphatic rings. The van der Waals surface area contributed by atoms with Crippen LogP contribution in [0.1, 0.15) is 20.3 Å². The number of rotatable bonds is 4. The van der Waals surface area contributed by atoms with Gasteiger partial charge in [0.25, 0.3) is 0 Å². The predicted molar refractivity (Wildman–Crippen MR) is 89.4 cm³/mol. The summed E-state index contributed by atoms with van der Waals surface area (Å²) < 4.78 is 7.15. The van der Waals surface area contributed by atoms with Crippen molar-refractivity contribution in [3.63, 3.8) is 0 Å². The van der Waals surface area contributed by atoms with Gasteiger partial charge in [-0.1, -0.05) is 22.6 Å². The van der Waals surface area contributed by atoms with E-state index in [1.54, 1.807) is 13.8 Å². The number of likely N-dealkylation sites (N-methyl/N-ethyl adjacent to an activating group) is 1. The number of hydrogen-bond acceptors (Lipinski definition) is 4. The minimum absolute atomic E-state index is 0.0234. The number of ether oxygens (including phenoxy) is 1. The molecule has 2 atom stereocenters. The topological polar surface area (TPSA) is 46.6 Å². The van der Waals surface area contributed by atoms with Crippen LogP contribution in [0.5, 0.6) is 0 Å². The van der Waals surface area contributed by atoms with Gasteiger partial charge in [0.15, 0.2) is 11.2 Å². The SMILES string of the molecule is CCOC(=O)C1(C(C)=O)CC(CI)[N+]2(CCN(C)CC2)C1. The smallest absolute Gasteiger partial charge is 0.325 e. The molecule has 2 unspecified atom stereocenters. The maximum absolute atomic E-state index is 12.5. The van der Waals surface area contributed by atoms with E-state index >= 15 is 0 Å². The number of piperazine rings is 1. The van der Waals surface area contributed by atoms with Gasteiger partial charge in [0.05, 0.1) is 30.2 Å². The van der Waals surface area contributed by atoms with E-state index in [-0.39, 0.29) is 11.8 Å². The quantitative estimate of drug-likeness (QED) is 0.229. The number of quaternary nitrogens is 1. The maximum atomic E-state index is 12.5. The molecule has 0 aromatic rings. The number of alkyl halides is 1. The normalized spacial score (nSPS) is 32.3. The van der Waals surface area contributed by atoms with Crippen LogP contribution in [0.15, 0.2) is 0 Å².